The average Bonchev–Trinajstić information content (AvgIpc) is 3.11. The molecule has 0 bridgehead atoms. The van der Waals surface area contributed by atoms with Gasteiger partial charge < -0.3 is 9.88 Å². The molecule has 2 heterocycles. The van der Waals surface area contributed by atoms with E-state index in [9.17, 15) is 9.59 Å². The zero-order chi connectivity index (χ0) is 18.8. The van der Waals surface area contributed by atoms with Crippen molar-refractivity contribution in [1.82, 2.24) is 14.8 Å². The molecule has 1 aliphatic heterocycles. The maximum Gasteiger partial charge on any atom is 0.295 e. The summed E-state index contributed by atoms with van der Waals surface area (Å²) in [6, 6.07) is 15.5. The Morgan fingerprint density at radius 1 is 1.00 bits per heavy atom. The van der Waals surface area contributed by atoms with Crippen molar-refractivity contribution in [3.63, 3.8) is 0 Å². The number of aromatic amines is 1. The Morgan fingerprint density at radius 3 is 2.48 bits per heavy atom. The van der Waals surface area contributed by atoms with Gasteiger partial charge >= 0.3 is 0 Å². The fourth-order valence-electron chi connectivity index (χ4n) is 3.49. The van der Waals surface area contributed by atoms with Gasteiger partial charge in [0.2, 0.25) is 0 Å². The molecular weight excluding hydrogens is 362 g/mol. The molecule has 0 atom stereocenters. The summed E-state index contributed by atoms with van der Waals surface area (Å²) in [5.74, 6) is -0.935. The van der Waals surface area contributed by atoms with E-state index in [1.807, 2.05) is 18.2 Å². The summed E-state index contributed by atoms with van der Waals surface area (Å²) in [6.07, 6.45) is 1.59. The highest BCUT2D eigenvalue weighted by Crippen LogP contribution is 2.23. The van der Waals surface area contributed by atoms with Crippen molar-refractivity contribution >= 4 is 34.2 Å². The lowest BCUT2D eigenvalue weighted by Gasteiger charge is -2.34. The zero-order valence-electron chi connectivity index (χ0n) is 14.8. The van der Waals surface area contributed by atoms with Gasteiger partial charge in [-0.05, 0) is 23.8 Å². The van der Waals surface area contributed by atoms with Crippen LogP contribution in [-0.4, -0.2) is 52.7 Å². The van der Waals surface area contributed by atoms with E-state index >= 15 is 0 Å². The number of aromatic nitrogens is 1. The van der Waals surface area contributed by atoms with Crippen LogP contribution in [0.5, 0.6) is 0 Å². The lowest BCUT2D eigenvalue weighted by Crippen LogP contribution is -2.50. The van der Waals surface area contributed by atoms with E-state index in [1.54, 1.807) is 29.3 Å². The highest BCUT2D eigenvalue weighted by molar-refractivity contribution is 6.45. The van der Waals surface area contributed by atoms with Gasteiger partial charge in [0, 0.05) is 54.8 Å². The summed E-state index contributed by atoms with van der Waals surface area (Å²) in [5.41, 5.74) is 2.43. The van der Waals surface area contributed by atoms with Gasteiger partial charge in [-0.2, -0.15) is 0 Å². The van der Waals surface area contributed by atoms with Crippen molar-refractivity contribution in [1.29, 1.82) is 0 Å². The topological polar surface area (TPSA) is 56.4 Å². The summed E-state index contributed by atoms with van der Waals surface area (Å²) >= 11 is 6.04. The van der Waals surface area contributed by atoms with Crippen LogP contribution in [0, 0.1) is 0 Å². The molecule has 0 unspecified atom stereocenters. The quantitative estimate of drug-likeness (QED) is 0.557. The van der Waals surface area contributed by atoms with Gasteiger partial charge in [-0.1, -0.05) is 41.9 Å². The molecule has 0 aliphatic carbocycles. The third kappa shape index (κ3) is 3.75. The number of hydrogen-bond acceptors (Lipinski definition) is 3. The number of nitrogens with zero attached hydrogens (tertiary/aromatic N) is 2. The first kappa shape index (κ1) is 17.8. The van der Waals surface area contributed by atoms with E-state index in [4.69, 9.17) is 11.6 Å². The lowest BCUT2D eigenvalue weighted by molar-refractivity contribution is -0.128. The number of piperazine rings is 1. The summed E-state index contributed by atoms with van der Waals surface area (Å²) in [4.78, 5) is 32.4. The van der Waals surface area contributed by atoms with Crippen molar-refractivity contribution in [2.75, 3.05) is 26.2 Å². The van der Waals surface area contributed by atoms with E-state index in [0.29, 0.717) is 29.1 Å². The molecule has 0 saturated carbocycles. The second kappa shape index (κ2) is 7.55. The number of ketones is 1. The number of fused-ring (bicyclic) bond motifs is 1. The first-order valence-electron chi connectivity index (χ1n) is 8.98. The van der Waals surface area contributed by atoms with Crippen molar-refractivity contribution in [2.24, 2.45) is 0 Å². The minimum Gasteiger partial charge on any atom is -0.360 e. The summed E-state index contributed by atoms with van der Waals surface area (Å²) < 4.78 is 0. The molecule has 1 fully saturated rings. The van der Waals surface area contributed by atoms with Crippen molar-refractivity contribution in [3.05, 3.63) is 70.9 Å². The number of carbonyl (C=O) groups is 2. The largest absolute Gasteiger partial charge is 0.360 e. The van der Waals surface area contributed by atoms with Gasteiger partial charge in [0.25, 0.3) is 11.7 Å². The third-order valence-electron chi connectivity index (χ3n) is 4.99. The van der Waals surface area contributed by atoms with Crippen LogP contribution >= 0.6 is 11.6 Å². The molecule has 5 nitrogen and oxygen atoms in total. The van der Waals surface area contributed by atoms with Crippen LogP contribution in [0.15, 0.2) is 54.7 Å². The molecule has 2 aromatic carbocycles. The smallest absolute Gasteiger partial charge is 0.295 e. The third-order valence-corrected chi connectivity index (χ3v) is 5.23. The molecule has 138 valence electrons. The van der Waals surface area contributed by atoms with Crippen LogP contribution in [0.4, 0.5) is 0 Å². The number of carbonyl (C=O) groups excluding carboxylic acids is 2. The second-order valence-electron chi connectivity index (χ2n) is 6.78. The van der Waals surface area contributed by atoms with Crippen LogP contribution in [0.1, 0.15) is 15.9 Å². The number of halogens is 1. The minimum absolute atomic E-state index is 0.379. The highest BCUT2D eigenvalue weighted by atomic mass is 35.5. The molecule has 3 aromatic rings. The molecule has 1 amide bonds. The second-order valence-corrected chi connectivity index (χ2v) is 7.21. The maximum atomic E-state index is 12.7. The molecule has 0 spiro atoms. The number of nitrogens with one attached hydrogen (secondary N) is 1. The monoisotopic (exact) mass is 381 g/mol. The van der Waals surface area contributed by atoms with Gasteiger partial charge in [-0.3, -0.25) is 14.5 Å². The minimum atomic E-state index is -0.486. The number of amides is 1. The Hall–Kier alpha value is -2.63. The van der Waals surface area contributed by atoms with Crippen LogP contribution in [-0.2, 0) is 11.3 Å². The normalized spacial score (nSPS) is 15.2. The SMILES string of the molecule is O=C(C(=O)N1CCN(Cc2ccccc2)CC1)c1c[nH]c2ccc(Cl)cc12. The van der Waals surface area contributed by atoms with Crippen LogP contribution < -0.4 is 0 Å². The Kier molecular flexibility index (Phi) is 4.97. The summed E-state index contributed by atoms with van der Waals surface area (Å²) in [6.45, 7) is 3.49. The van der Waals surface area contributed by atoms with E-state index < -0.39 is 11.7 Å². The van der Waals surface area contributed by atoms with Crippen molar-refractivity contribution in [2.45, 2.75) is 6.54 Å². The molecule has 1 aromatic heterocycles. The van der Waals surface area contributed by atoms with Gasteiger partial charge in [0.15, 0.2) is 0 Å². The van der Waals surface area contributed by atoms with E-state index in [-0.39, 0.29) is 0 Å². The predicted octanol–water partition coefficient (Wildman–Crippen LogP) is 3.35. The fraction of sp³-hybridized carbons (Fsp3) is 0.238. The Bertz CT molecular complexity index is 976. The fourth-order valence-corrected chi connectivity index (χ4v) is 3.66. The molecule has 1 saturated heterocycles. The summed E-state index contributed by atoms with van der Waals surface area (Å²) in [7, 11) is 0. The molecular formula is C21H20ClN3O2. The van der Waals surface area contributed by atoms with E-state index in [0.717, 1.165) is 25.2 Å². The molecule has 1 aliphatic rings. The number of benzene rings is 2. The standard InChI is InChI=1S/C21H20ClN3O2/c22-16-6-7-19-17(12-16)18(13-23-19)20(26)21(27)25-10-8-24(9-11-25)14-15-4-2-1-3-5-15/h1-7,12-13,23H,8-11,14H2. The van der Waals surface area contributed by atoms with Crippen LogP contribution in [0.25, 0.3) is 10.9 Å². The Labute approximate surface area is 162 Å². The average molecular weight is 382 g/mol. The lowest BCUT2D eigenvalue weighted by atomic mass is 10.1. The number of H-pyrrole nitrogens is 1. The zero-order valence-corrected chi connectivity index (χ0v) is 15.6. The molecule has 4 rings (SSSR count). The first-order valence-corrected chi connectivity index (χ1v) is 9.36. The van der Waals surface area contributed by atoms with Gasteiger partial charge in [-0.15, -0.1) is 0 Å². The molecule has 1 N–H and O–H groups in total. The van der Waals surface area contributed by atoms with Gasteiger partial charge in [-0.25, -0.2) is 0 Å². The predicted molar refractivity (Wildman–Crippen MR) is 106 cm³/mol. The highest BCUT2D eigenvalue weighted by Gasteiger charge is 2.28. The Balaban J connectivity index is 1.41. The van der Waals surface area contributed by atoms with E-state index in [2.05, 4.69) is 22.0 Å². The molecule has 27 heavy (non-hydrogen) atoms. The van der Waals surface area contributed by atoms with Crippen molar-refractivity contribution < 1.29 is 9.59 Å². The number of hydrogen-bond donors (Lipinski definition) is 1. The van der Waals surface area contributed by atoms with Gasteiger partial charge in [0.05, 0.1) is 5.56 Å². The summed E-state index contributed by atoms with van der Waals surface area (Å²) in [5, 5.41) is 1.22. The first-order chi connectivity index (χ1) is 13.1. The van der Waals surface area contributed by atoms with Crippen molar-refractivity contribution in [3.8, 4) is 0 Å². The van der Waals surface area contributed by atoms with Gasteiger partial charge in [0.1, 0.15) is 0 Å². The Morgan fingerprint density at radius 2 is 1.74 bits per heavy atom. The molecule has 6 heteroatoms. The van der Waals surface area contributed by atoms with Crippen LogP contribution in [0.3, 0.4) is 0 Å². The number of Topliss-reactive ketones (excluding diaryl/α,β-unsaturated/α-hetero) is 1. The maximum absolute atomic E-state index is 12.7. The van der Waals surface area contributed by atoms with E-state index in [1.165, 1.54) is 5.56 Å². The van der Waals surface area contributed by atoms with Crippen LogP contribution in [0.2, 0.25) is 5.02 Å². The molecule has 0 radical (unpaired) electrons. The number of rotatable bonds is 4.